The van der Waals surface area contributed by atoms with E-state index >= 15 is 0 Å². The number of rotatable bonds is 5. The molecule has 2 atom stereocenters. The molecule has 0 saturated heterocycles. The van der Waals surface area contributed by atoms with E-state index in [2.05, 4.69) is 13.8 Å². The van der Waals surface area contributed by atoms with Gasteiger partial charge in [0.15, 0.2) is 5.78 Å². The molecule has 1 aromatic carbocycles. The maximum absolute atomic E-state index is 12.4. The summed E-state index contributed by atoms with van der Waals surface area (Å²) in [4.78, 5) is 24.6. The van der Waals surface area contributed by atoms with Gasteiger partial charge in [0.05, 0.1) is 5.75 Å². The van der Waals surface area contributed by atoms with E-state index in [1.54, 1.807) is 11.8 Å². The number of hydrogen-bond acceptors (Lipinski definition) is 3. The van der Waals surface area contributed by atoms with Crippen molar-refractivity contribution in [2.24, 2.45) is 16.7 Å². The van der Waals surface area contributed by atoms with Gasteiger partial charge in [-0.25, -0.2) is 0 Å². The molecule has 2 saturated carbocycles. The molecule has 3 rings (SSSR count). The fourth-order valence-corrected chi connectivity index (χ4v) is 5.61. The molecule has 2 fully saturated rings. The maximum Gasteiger partial charge on any atom is 0.172 e. The van der Waals surface area contributed by atoms with Gasteiger partial charge in [0.2, 0.25) is 0 Å². The van der Waals surface area contributed by atoms with E-state index in [4.69, 9.17) is 0 Å². The molecule has 1 aromatic rings. The molecule has 2 aliphatic carbocycles. The molecule has 2 aliphatic rings. The van der Waals surface area contributed by atoms with Crippen LogP contribution in [0.5, 0.6) is 0 Å². The third-order valence-electron chi connectivity index (χ3n) is 5.82. The SMILES string of the molecule is CC1(C)C2CCC1(CSCC(=O)c1ccccc1)C(=O)C2. The molecule has 0 aromatic heterocycles. The Morgan fingerprint density at radius 2 is 2.00 bits per heavy atom. The molecular weight excluding hydrogens is 280 g/mol. The lowest BCUT2D eigenvalue weighted by Gasteiger charge is -2.36. The fraction of sp³-hybridized carbons (Fsp3) is 0.556. The topological polar surface area (TPSA) is 34.1 Å². The smallest absolute Gasteiger partial charge is 0.172 e. The monoisotopic (exact) mass is 302 g/mol. The van der Waals surface area contributed by atoms with Crippen molar-refractivity contribution in [2.45, 2.75) is 33.1 Å². The van der Waals surface area contributed by atoms with E-state index in [0.29, 0.717) is 17.5 Å². The van der Waals surface area contributed by atoms with Crippen LogP contribution < -0.4 is 0 Å². The van der Waals surface area contributed by atoms with Gasteiger partial charge in [-0.3, -0.25) is 9.59 Å². The zero-order valence-electron chi connectivity index (χ0n) is 12.7. The van der Waals surface area contributed by atoms with E-state index < -0.39 is 0 Å². The first-order valence-corrected chi connectivity index (χ1v) is 8.82. The Balaban J connectivity index is 1.63. The number of benzene rings is 1. The quantitative estimate of drug-likeness (QED) is 0.771. The standard InChI is InChI=1S/C18H22O2S/c1-17(2)14-8-9-18(17,16(20)10-14)12-21-11-15(19)13-6-4-3-5-7-13/h3-7,14H,8-12H2,1-2H3. The third-order valence-corrected chi connectivity index (χ3v) is 6.98. The van der Waals surface area contributed by atoms with Crippen LogP contribution in [0.2, 0.25) is 0 Å². The maximum atomic E-state index is 12.4. The van der Waals surface area contributed by atoms with Crippen LogP contribution in [0.1, 0.15) is 43.5 Å². The summed E-state index contributed by atoms with van der Waals surface area (Å²) in [6, 6.07) is 9.42. The molecule has 0 spiro atoms. The van der Waals surface area contributed by atoms with E-state index in [0.717, 1.165) is 24.2 Å². The van der Waals surface area contributed by atoms with Gasteiger partial charge in [0.1, 0.15) is 5.78 Å². The van der Waals surface area contributed by atoms with Crippen LogP contribution in [0.3, 0.4) is 0 Å². The van der Waals surface area contributed by atoms with Crippen molar-refractivity contribution in [2.75, 3.05) is 11.5 Å². The van der Waals surface area contributed by atoms with Crippen LogP contribution >= 0.6 is 11.8 Å². The summed E-state index contributed by atoms with van der Waals surface area (Å²) in [6.45, 7) is 4.49. The molecule has 0 radical (unpaired) electrons. The van der Waals surface area contributed by atoms with Gasteiger partial charge in [-0.05, 0) is 24.2 Å². The molecule has 2 bridgehead atoms. The van der Waals surface area contributed by atoms with Crippen LogP contribution in [0.25, 0.3) is 0 Å². The fourth-order valence-electron chi connectivity index (χ4n) is 4.13. The average molecular weight is 302 g/mol. The minimum Gasteiger partial charge on any atom is -0.299 e. The minimum absolute atomic E-state index is 0.104. The summed E-state index contributed by atoms with van der Waals surface area (Å²) in [5.74, 6) is 2.42. The Morgan fingerprint density at radius 3 is 2.57 bits per heavy atom. The molecule has 2 unspecified atom stereocenters. The normalized spacial score (nSPS) is 29.8. The Labute approximate surface area is 130 Å². The lowest BCUT2D eigenvalue weighted by atomic mass is 9.70. The third kappa shape index (κ3) is 2.26. The van der Waals surface area contributed by atoms with Crippen LogP contribution in [0.4, 0.5) is 0 Å². The van der Waals surface area contributed by atoms with E-state index in [-0.39, 0.29) is 16.6 Å². The molecule has 2 nitrogen and oxygen atoms in total. The predicted molar refractivity (Wildman–Crippen MR) is 86.7 cm³/mol. The highest BCUT2D eigenvalue weighted by Gasteiger charge is 2.63. The molecule has 0 amide bonds. The molecule has 0 aliphatic heterocycles. The largest absolute Gasteiger partial charge is 0.299 e. The lowest BCUT2D eigenvalue weighted by Crippen LogP contribution is -2.38. The summed E-state index contributed by atoms with van der Waals surface area (Å²) in [5.41, 5.74) is 0.690. The van der Waals surface area contributed by atoms with Crippen molar-refractivity contribution in [1.29, 1.82) is 0 Å². The van der Waals surface area contributed by atoms with Gasteiger partial charge in [-0.15, -0.1) is 0 Å². The summed E-state index contributed by atoms with van der Waals surface area (Å²) in [6.07, 6.45) is 2.93. The van der Waals surface area contributed by atoms with E-state index in [9.17, 15) is 9.59 Å². The van der Waals surface area contributed by atoms with E-state index in [1.807, 2.05) is 30.3 Å². The molecule has 21 heavy (non-hydrogen) atoms. The van der Waals surface area contributed by atoms with Gasteiger partial charge in [-0.1, -0.05) is 44.2 Å². The highest BCUT2D eigenvalue weighted by Crippen LogP contribution is 2.64. The second-order valence-corrected chi connectivity index (χ2v) is 7.93. The zero-order valence-corrected chi connectivity index (χ0v) is 13.5. The summed E-state index contributed by atoms with van der Waals surface area (Å²) in [7, 11) is 0. The van der Waals surface area contributed by atoms with Crippen molar-refractivity contribution in [3.8, 4) is 0 Å². The Hall–Kier alpha value is -1.09. The Morgan fingerprint density at radius 1 is 1.29 bits per heavy atom. The highest BCUT2D eigenvalue weighted by atomic mass is 32.2. The summed E-state index contributed by atoms with van der Waals surface area (Å²) in [5, 5.41) is 0. The van der Waals surface area contributed by atoms with Crippen LogP contribution in [-0.4, -0.2) is 23.1 Å². The number of ketones is 2. The van der Waals surface area contributed by atoms with Gasteiger partial charge in [-0.2, -0.15) is 11.8 Å². The van der Waals surface area contributed by atoms with Gasteiger partial charge in [0, 0.05) is 23.2 Å². The van der Waals surface area contributed by atoms with Crippen LogP contribution in [0.15, 0.2) is 30.3 Å². The Kier molecular flexibility index (Phi) is 3.73. The molecule has 3 heteroatoms. The van der Waals surface area contributed by atoms with Gasteiger partial charge < -0.3 is 0 Å². The van der Waals surface area contributed by atoms with Crippen LogP contribution in [0, 0.1) is 16.7 Å². The zero-order chi connectivity index (χ0) is 15.1. The minimum atomic E-state index is -0.181. The van der Waals surface area contributed by atoms with Crippen molar-refractivity contribution in [3.05, 3.63) is 35.9 Å². The number of carbonyl (C=O) groups excluding carboxylic acids is 2. The van der Waals surface area contributed by atoms with Crippen molar-refractivity contribution in [3.63, 3.8) is 0 Å². The second-order valence-electron chi connectivity index (χ2n) is 6.95. The summed E-state index contributed by atoms with van der Waals surface area (Å²) < 4.78 is 0. The number of thioether (sulfide) groups is 1. The molecular formula is C18H22O2S. The molecule has 0 N–H and O–H groups in total. The first-order valence-electron chi connectivity index (χ1n) is 7.67. The number of carbonyl (C=O) groups is 2. The van der Waals surface area contributed by atoms with E-state index in [1.165, 1.54) is 6.42 Å². The first-order chi connectivity index (χ1) is 9.97. The average Bonchev–Trinajstić information content (AvgIpc) is 2.82. The lowest BCUT2D eigenvalue weighted by molar-refractivity contribution is -0.127. The second kappa shape index (κ2) is 5.28. The summed E-state index contributed by atoms with van der Waals surface area (Å²) >= 11 is 1.64. The van der Waals surface area contributed by atoms with Crippen molar-refractivity contribution in [1.82, 2.24) is 0 Å². The number of hydrogen-bond donors (Lipinski definition) is 0. The molecule has 0 heterocycles. The van der Waals surface area contributed by atoms with Crippen molar-refractivity contribution >= 4 is 23.3 Å². The first kappa shape index (κ1) is 14.8. The molecule has 112 valence electrons. The highest BCUT2D eigenvalue weighted by molar-refractivity contribution is 8.00. The van der Waals surface area contributed by atoms with Gasteiger partial charge in [0.25, 0.3) is 0 Å². The van der Waals surface area contributed by atoms with Crippen molar-refractivity contribution < 1.29 is 9.59 Å². The number of fused-ring (bicyclic) bond motifs is 2. The Bertz CT molecular complexity index is 564. The van der Waals surface area contributed by atoms with Crippen LogP contribution in [-0.2, 0) is 4.79 Å². The van der Waals surface area contributed by atoms with Gasteiger partial charge >= 0.3 is 0 Å². The number of Topliss-reactive ketones (excluding diaryl/α,β-unsaturated/α-hetero) is 2. The predicted octanol–water partition coefficient (Wildman–Crippen LogP) is 4.00.